The van der Waals surface area contributed by atoms with Crippen molar-refractivity contribution in [2.24, 2.45) is 0 Å². The highest BCUT2D eigenvalue weighted by Gasteiger charge is 2.21. The Labute approximate surface area is 145 Å². The summed E-state index contributed by atoms with van der Waals surface area (Å²) in [6.07, 6.45) is 3.63. The molecule has 0 radical (unpaired) electrons. The van der Waals surface area contributed by atoms with Crippen molar-refractivity contribution < 1.29 is 9.84 Å². The number of aromatic amines is 1. The topological polar surface area (TPSA) is 78.5 Å². The summed E-state index contributed by atoms with van der Waals surface area (Å²) in [7, 11) is 1.58. The van der Waals surface area contributed by atoms with Crippen LogP contribution >= 0.6 is 11.3 Å². The monoisotopic (exact) mass is 351 g/mol. The smallest absolute Gasteiger partial charge is 0.259 e. The minimum atomic E-state index is -0.539. The van der Waals surface area contributed by atoms with E-state index in [-0.39, 0.29) is 5.56 Å². The number of nitrogens with one attached hydrogen (secondary N) is 1. The van der Waals surface area contributed by atoms with Gasteiger partial charge in [0, 0.05) is 18.5 Å². The minimum Gasteiger partial charge on any atom is -0.389 e. The number of aromatic nitrogens is 2. The molecule has 132 valence electrons. The number of aliphatic hydroxyl groups excluding tert-OH is 1. The van der Waals surface area contributed by atoms with Crippen LogP contribution in [-0.4, -0.2) is 52.9 Å². The largest absolute Gasteiger partial charge is 0.389 e. The molecule has 0 aromatic carbocycles. The predicted molar refractivity (Wildman–Crippen MR) is 95.7 cm³/mol. The molecule has 2 heterocycles. The average Bonchev–Trinajstić information content (AvgIpc) is 3.07. The van der Waals surface area contributed by atoms with E-state index in [0.717, 1.165) is 42.4 Å². The summed E-state index contributed by atoms with van der Waals surface area (Å²) in [6, 6.07) is 0. The van der Waals surface area contributed by atoms with Gasteiger partial charge in [0.15, 0.2) is 0 Å². The Balaban J connectivity index is 1.81. The van der Waals surface area contributed by atoms with Crippen LogP contribution in [0.3, 0.4) is 0 Å². The molecule has 0 fully saturated rings. The second-order valence-electron chi connectivity index (χ2n) is 6.39. The maximum Gasteiger partial charge on any atom is 0.259 e. The Morgan fingerprint density at radius 3 is 3.04 bits per heavy atom. The highest BCUT2D eigenvalue weighted by molar-refractivity contribution is 7.18. The van der Waals surface area contributed by atoms with Crippen molar-refractivity contribution in [3.8, 4) is 0 Å². The van der Waals surface area contributed by atoms with Crippen molar-refractivity contribution in [3.63, 3.8) is 0 Å². The van der Waals surface area contributed by atoms with Crippen LogP contribution in [0.15, 0.2) is 4.79 Å². The lowest BCUT2D eigenvalue weighted by Gasteiger charge is -2.23. The molecule has 0 unspecified atom stereocenters. The Morgan fingerprint density at radius 1 is 1.46 bits per heavy atom. The van der Waals surface area contributed by atoms with Crippen LogP contribution in [-0.2, 0) is 24.1 Å². The van der Waals surface area contributed by atoms with E-state index in [2.05, 4.69) is 21.8 Å². The molecule has 0 saturated carbocycles. The molecule has 1 atom stereocenters. The van der Waals surface area contributed by atoms with E-state index in [1.54, 1.807) is 18.4 Å². The van der Waals surface area contributed by atoms with E-state index in [1.165, 1.54) is 10.4 Å². The van der Waals surface area contributed by atoms with Gasteiger partial charge in [-0.15, -0.1) is 11.3 Å². The zero-order valence-electron chi connectivity index (χ0n) is 14.3. The molecule has 1 aliphatic rings. The van der Waals surface area contributed by atoms with Crippen molar-refractivity contribution >= 4 is 21.6 Å². The van der Waals surface area contributed by atoms with Gasteiger partial charge in [-0.3, -0.25) is 9.69 Å². The quantitative estimate of drug-likeness (QED) is 0.757. The van der Waals surface area contributed by atoms with E-state index in [0.29, 0.717) is 25.5 Å². The summed E-state index contributed by atoms with van der Waals surface area (Å²) in [5.74, 6) is 0.672. The fourth-order valence-corrected chi connectivity index (χ4v) is 4.71. The number of fused-ring (bicyclic) bond motifs is 3. The third-order valence-corrected chi connectivity index (χ3v) is 5.55. The second-order valence-corrected chi connectivity index (χ2v) is 7.48. The summed E-state index contributed by atoms with van der Waals surface area (Å²) < 4.78 is 5.00. The van der Waals surface area contributed by atoms with Gasteiger partial charge in [0.25, 0.3) is 5.56 Å². The number of aliphatic hydroxyl groups is 1. The number of methoxy groups -OCH3 is 1. The number of H-pyrrole nitrogens is 1. The van der Waals surface area contributed by atoms with E-state index in [4.69, 9.17) is 4.74 Å². The molecular formula is C17H25N3O3S. The first-order valence-corrected chi connectivity index (χ1v) is 9.36. The molecule has 1 aliphatic carbocycles. The molecule has 0 bridgehead atoms. The Bertz CT molecular complexity index is 755. The molecule has 7 heteroatoms. The zero-order chi connectivity index (χ0) is 17.1. The lowest BCUT2D eigenvalue weighted by atomic mass is 10.2. The van der Waals surface area contributed by atoms with E-state index in [1.807, 2.05) is 0 Å². The Kier molecular flexibility index (Phi) is 5.65. The number of nitrogens with zero attached hydrogens (tertiary/aromatic N) is 2. The van der Waals surface area contributed by atoms with Crippen LogP contribution in [0, 0.1) is 0 Å². The van der Waals surface area contributed by atoms with Crippen LogP contribution in [0.1, 0.15) is 36.0 Å². The van der Waals surface area contributed by atoms with Crippen LogP contribution in [0.5, 0.6) is 0 Å². The predicted octanol–water partition coefficient (Wildman–Crippen LogP) is 1.69. The van der Waals surface area contributed by atoms with E-state index in [9.17, 15) is 9.90 Å². The highest BCUT2D eigenvalue weighted by Crippen LogP contribution is 2.34. The summed E-state index contributed by atoms with van der Waals surface area (Å²) >= 11 is 1.66. The lowest BCUT2D eigenvalue weighted by Crippen LogP contribution is -2.35. The van der Waals surface area contributed by atoms with Gasteiger partial charge in [0.2, 0.25) is 0 Å². The molecule has 24 heavy (non-hydrogen) atoms. The number of hydrogen-bond donors (Lipinski definition) is 2. The number of rotatable bonds is 8. The standard InChI is InChI=1S/C17H25N3O3S/c1-3-7-20(8-11(21)10-23-2)9-14-18-16(22)15-12-5-4-6-13(12)24-17(15)19-14/h11,21H,3-10H2,1-2H3,(H,18,19,22)/t11-/m0/s1. The Morgan fingerprint density at radius 2 is 2.29 bits per heavy atom. The number of hydrogen-bond acceptors (Lipinski definition) is 6. The van der Waals surface area contributed by atoms with Gasteiger partial charge in [0.05, 0.1) is 24.6 Å². The molecule has 0 aliphatic heterocycles. The van der Waals surface area contributed by atoms with Crippen LogP contribution in [0.2, 0.25) is 0 Å². The van der Waals surface area contributed by atoms with Crippen molar-refractivity contribution in [2.45, 2.75) is 45.3 Å². The van der Waals surface area contributed by atoms with Gasteiger partial charge in [-0.1, -0.05) is 6.92 Å². The van der Waals surface area contributed by atoms with Crippen LogP contribution in [0.25, 0.3) is 10.2 Å². The first-order chi connectivity index (χ1) is 11.6. The first kappa shape index (κ1) is 17.5. The van der Waals surface area contributed by atoms with E-state index < -0.39 is 6.10 Å². The molecule has 0 amide bonds. The van der Waals surface area contributed by atoms with E-state index >= 15 is 0 Å². The molecule has 0 saturated heterocycles. The zero-order valence-corrected chi connectivity index (χ0v) is 15.1. The molecule has 6 nitrogen and oxygen atoms in total. The van der Waals surface area contributed by atoms with Crippen molar-refractivity contribution in [1.82, 2.24) is 14.9 Å². The fourth-order valence-electron chi connectivity index (χ4n) is 3.43. The average molecular weight is 351 g/mol. The summed E-state index contributed by atoms with van der Waals surface area (Å²) in [5, 5.41) is 10.8. The van der Waals surface area contributed by atoms with Crippen molar-refractivity contribution in [3.05, 3.63) is 26.6 Å². The highest BCUT2D eigenvalue weighted by atomic mass is 32.1. The molecule has 2 aromatic rings. The fraction of sp³-hybridized carbons (Fsp3) is 0.647. The number of thiophene rings is 1. The summed E-state index contributed by atoms with van der Waals surface area (Å²) in [4.78, 5) is 24.4. The maximum atomic E-state index is 12.5. The van der Waals surface area contributed by atoms with Gasteiger partial charge in [-0.25, -0.2) is 4.98 Å². The van der Waals surface area contributed by atoms with Gasteiger partial charge in [-0.05, 0) is 37.8 Å². The summed E-state index contributed by atoms with van der Waals surface area (Å²) in [5.41, 5.74) is 1.18. The molecule has 2 aromatic heterocycles. The third kappa shape index (κ3) is 3.69. The minimum absolute atomic E-state index is 0.0247. The summed E-state index contributed by atoms with van der Waals surface area (Å²) in [6.45, 7) is 4.27. The van der Waals surface area contributed by atoms with Gasteiger partial charge >= 0.3 is 0 Å². The molecule has 0 spiro atoms. The van der Waals surface area contributed by atoms with Crippen molar-refractivity contribution in [1.29, 1.82) is 0 Å². The third-order valence-electron chi connectivity index (χ3n) is 4.37. The first-order valence-electron chi connectivity index (χ1n) is 8.55. The maximum absolute atomic E-state index is 12.5. The lowest BCUT2D eigenvalue weighted by molar-refractivity contribution is 0.0353. The van der Waals surface area contributed by atoms with Crippen LogP contribution in [0.4, 0.5) is 0 Å². The van der Waals surface area contributed by atoms with Gasteiger partial charge in [0.1, 0.15) is 10.7 Å². The number of aryl methyl sites for hydroxylation is 2. The van der Waals surface area contributed by atoms with Gasteiger partial charge in [-0.2, -0.15) is 0 Å². The normalized spacial score (nSPS) is 15.3. The molecule has 2 N–H and O–H groups in total. The van der Waals surface area contributed by atoms with Crippen molar-refractivity contribution in [2.75, 3.05) is 26.8 Å². The van der Waals surface area contributed by atoms with Gasteiger partial charge < -0.3 is 14.8 Å². The Hall–Kier alpha value is -1.28. The number of ether oxygens (including phenoxy) is 1. The SMILES string of the molecule is CCCN(Cc1nc2sc3c(c2c(=O)[nH]1)CCC3)C[C@H](O)COC. The molecule has 3 rings (SSSR count). The second kappa shape index (κ2) is 7.74. The van der Waals surface area contributed by atoms with Crippen LogP contribution < -0.4 is 5.56 Å². The molecular weight excluding hydrogens is 326 g/mol.